The lowest BCUT2D eigenvalue weighted by atomic mass is 10.1. The number of rotatable bonds is 3. The lowest BCUT2D eigenvalue weighted by Crippen LogP contribution is -2.02. The van der Waals surface area contributed by atoms with Crippen LogP contribution >= 0.6 is 38.9 Å². The number of aryl methyl sites for hydroxylation is 1. The summed E-state index contributed by atoms with van der Waals surface area (Å²) in [6.45, 7) is 1.92. The number of Topliss-reactive ketones (excluding diaryl/α,β-unsaturated/α-hetero) is 1. The lowest BCUT2D eigenvalue weighted by molar-refractivity contribution is 0.0997. The molecular weight excluding hydrogens is 339 g/mol. The van der Waals surface area contributed by atoms with Crippen LogP contribution in [0.25, 0.3) is 0 Å². The standard InChI is InChI=1S/C13H9BrClFOS/c1-7-5-11(18-13(7)14)10(17)6-8-3-2-4-9(16)12(8)15/h2-5H,6H2,1H3. The number of hydrogen-bond acceptors (Lipinski definition) is 2. The Balaban J connectivity index is 2.24. The van der Waals surface area contributed by atoms with Crippen molar-refractivity contribution in [2.24, 2.45) is 0 Å². The van der Waals surface area contributed by atoms with Crippen LogP contribution in [0.4, 0.5) is 4.39 Å². The smallest absolute Gasteiger partial charge is 0.177 e. The van der Waals surface area contributed by atoms with Crippen molar-refractivity contribution in [3.8, 4) is 0 Å². The number of ketones is 1. The number of thiophene rings is 1. The van der Waals surface area contributed by atoms with Crippen molar-refractivity contribution in [1.82, 2.24) is 0 Å². The fourth-order valence-corrected chi connectivity index (χ4v) is 3.21. The molecule has 0 aliphatic heterocycles. The van der Waals surface area contributed by atoms with Gasteiger partial charge in [-0.15, -0.1) is 11.3 Å². The van der Waals surface area contributed by atoms with Crippen LogP contribution in [0.2, 0.25) is 5.02 Å². The van der Waals surface area contributed by atoms with Gasteiger partial charge in [0.15, 0.2) is 5.78 Å². The molecule has 0 saturated carbocycles. The first-order chi connectivity index (χ1) is 8.49. The van der Waals surface area contributed by atoms with Gasteiger partial charge in [0.2, 0.25) is 0 Å². The van der Waals surface area contributed by atoms with Gasteiger partial charge in [-0.1, -0.05) is 23.7 Å². The number of carbonyl (C=O) groups excluding carboxylic acids is 1. The van der Waals surface area contributed by atoms with Crippen molar-refractivity contribution < 1.29 is 9.18 Å². The molecular formula is C13H9BrClFOS. The van der Waals surface area contributed by atoms with Crippen LogP contribution in [-0.2, 0) is 6.42 Å². The van der Waals surface area contributed by atoms with Gasteiger partial charge in [0.1, 0.15) is 5.82 Å². The topological polar surface area (TPSA) is 17.1 Å². The summed E-state index contributed by atoms with van der Waals surface area (Å²) in [5.74, 6) is -0.549. The minimum Gasteiger partial charge on any atom is -0.293 e. The molecule has 2 aromatic rings. The summed E-state index contributed by atoms with van der Waals surface area (Å²) in [6, 6.07) is 6.32. The van der Waals surface area contributed by atoms with Gasteiger partial charge in [-0.3, -0.25) is 4.79 Å². The lowest BCUT2D eigenvalue weighted by Gasteiger charge is -2.03. The molecule has 0 atom stereocenters. The van der Waals surface area contributed by atoms with Crippen LogP contribution < -0.4 is 0 Å². The second kappa shape index (κ2) is 5.51. The van der Waals surface area contributed by atoms with E-state index in [1.165, 1.54) is 17.4 Å². The van der Waals surface area contributed by atoms with Crippen LogP contribution in [0.1, 0.15) is 20.8 Å². The SMILES string of the molecule is Cc1cc(C(=O)Cc2cccc(F)c2Cl)sc1Br. The van der Waals surface area contributed by atoms with Crippen molar-refractivity contribution >= 4 is 44.7 Å². The third-order valence-corrected chi connectivity index (χ3v) is 5.12. The van der Waals surface area contributed by atoms with E-state index in [2.05, 4.69) is 15.9 Å². The van der Waals surface area contributed by atoms with Crippen LogP contribution in [0.15, 0.2) is 28.1 Å². The molecule has 5 heteroatoms. The van der Waals surface area contributed by atoms with E-state index in [1.807, 2.05) is 13.0 Å². The number of hydrogen-bond donors (Lipinski definition) is 0. The number of halogens is 3. The Bertz CT molecular complexity index is 590. The summed E-state index contributed by atoms with van der Waals surface area (Å²) in [5, 5.41) is 0.0261. The minimum atomic E-state index is -0.495. The molecule has 0 N–H and O–H groups in total. The molecule has 0 unspecified atom stereocenters. The molecule has 18 heavy (non-hydrogen) atoms. The van der Waals surface area contributed by atoms with Gasteiger partial charge in [-0.05, 0) is 46.1 Å². The Morgan fingerprint density at radius 1 is 1.50 bits per heavy atom. The molecule has 0 fully saturated rings. The maximum atomic E-state index is 13.3. The third kappa shape index (κ3) is 2.82. The van der Waals surface area contributed by atoms with Gasteiger partial charge in [0, 0.05) is 6.42 Å². The fraction of sp³-hybridized carbons (Fsp3) is 0.154. The van der Waals surface area contributed by atoms with E-state index in [-0.39, 0.29) is 17.2 Å². The van der Waals surface area contributed by atoms with Crippen LogP contribution in [0.3, 0.4) is 0 Å². The molecule has 0 bridgehead atoms. The van der Waals surface area contributed by atoms with E-state index < -0.39 is 5.82 Å². The molecule has 1 heterocycles. The van der Waals surface area contributed by atoms with E-state index in [0.717, 1.165) is 9.35 Å². The predicted octanol–water partition coefficient (Wildman–Crippen LogP) is 5.04. The molecule has 2 rings (SSSR count). The van der Waals surface area contributed by atoms with Gasteiger partial charge in [0.05, 0.1) is 13.7 Å². The number of benzene rings is 1. The molecule has 1 aromatic heterocycles. The zero-order valence-corrected chi connectivity index (χ0v) is 12.6. The highest BCUT2D eigenvalue weighted by Gasteiger charge is 2.14. The zero-order valence-electron chi connectivity index (χ0n) is 9.47. The zero-order chi connectivity index (χ0) is 13.3. The van der Waals surface area contributed by atoms with E-state index in [9.17, 15) is 9.18 Å². The average molecular weight is 348 g/mol. The predicted molar refractivity (Wildman–Crippen MR) is 76.2 cm³/mol. The summed E-state index contributed by atoms with van der Waals surface area (Å²) < 4.78 is 14.2. The highest BCUT2D eigenvalue weighted by Crippen LogP contribution is 2.29. The van der Waals surface area contributed by atoms with E-state index >= 15 is 0 Å². The van der Waals surface area contributed by atoms with Crippen LogP contribution in [0.5, 0.6) is 0 Å². The maximum absolute atomic E-state index is 13.3. The summed E-state index contributed by atoms with van der Waals surface area (Å²) in [6.07, 6.45) is 0.114. The first-order valence-electron chi connectivity index (χ1n) is 5.21. The molecule has 1 nitrogen and oxygen atoms in total. The normalized spacial score (nSPS) is 10.7. The van der Waals surface area contributed by atoms with Crippen LogP contribution in [0, 0.1) is 12.7 Å². The monoisotopic (exact) mass is 346 g/mol. The third-order valence-electron chi connectivity index (χ3n) is 2.51. The largest absolute Gasteiger partial charge is 0.293 e. The molecule has 0 aliphatic rings. The Labute approximate surface area is 122 Å². The first kappa shape index (κ1) is 13.7. The molecule has 0 radical (unpaired) electrons. The minimum absolute atomic E-state index is 0.0261. The van der Waals surface area contributed by atoms with Gasteiger partial charge in [-0.2, -0.15) is 0 Å². The highest BCUT2D eigenvalue weighted by molar-refractivity contribution is 9.11. The molecule has 0 saturated heterocycles. The summed E-state index contributed by atoms with van der Waals surface area (Å²) in [5.41, 5.74) is 1.54. The Morgan fingerprint density at radius 2 is 2.22 bits per heavy atom. The summed E-state index contributed by atoms with van der Waals surface area (Å²) >= 11 is 10.6. The Kier molecular flexibility index (Phi) is 4.20. The van der Waals surface area contributed by atoms with Crippen molar-refractivity contribution in [2.45, 2.75) is 13.3 Å². The Hall–Kier alpha value is -0.710. The van der Waals surface area contributed by atoms with Gasteiger partial charge in [-0.25, -0.2) is 4.39 Å². The second-order valence-electron chi connectivity index (χ2n) is 3.88. The van der Waals surface area contributed by atoms with E-state index in [1.54, 1.807) is 12.1 Å². The van der Waals surface area contributed by atoms with Crippen LogP contribution in [-0.4, -0.2) is 5.78 Å². The van der Waals surface area contributed by atoms with Gasteiger partial charge >= 0.3 is 0 Å². The summed E-state index contributed by atoms with van der Waals surface area (Å²) in [7, 11) is 0. The summed E-state index contributed by atoms with van der Waals surface area (Å²) in [4.78, 5) is 12.7. The molecule has 0 aliphatic carbocycles. The molecule has 94 valence electrons. The second-order valence-corrected chi connectivity index (χ2v) is 6.63. The number of carbonyl (C=O) groups is 1. The Morgan fingerprint density at radius 3 is 2.83 bits per heavy atom. The van der Waals surface area contributed by atoms with Gasteiger partial charge in [0.25, 0.3) is 0 Å². The van der Waals surface area contributed by atoms with E-state index in [4.69, 9.17) is 11.6 Å². The van der Waals surface area contributed by atoms with Crippen molar-refractivity contribution in [1.29, 1.82) is 0 Å². The average Bonchev–Trinajstić information content (AvgIpc) is 2.66. The highest BCUT2D eigenvalue weighted by atomic mass is 79.9. The maximum Gasteiger partial charge on any atom is 0.177 e. The molecule has 0 spiro atoms. The fourth-order valence-electron chi connectivity index (χ4n) is 1.54. The van der Waals surface area contributed by atoms with Crippen molar-refractivity contribution in [3.63, 3.8) is 0 Å². The van der Waals surface area contributed by atoms with E-state index in [0.29, 0.717) is 10.4 Å². The van der Waals surface area contributed by atoms with Crippen molar-refractivity contribution in [2.75, 3.05) is 0 Å². The first-order valence-corrected chi connectivity index (χ1v) is 7.20. The van der Waals surface area contributed by atoms with Gasteiger partial charge < -0.3 is 0 Å². The molecule has 0 amide bonds. The van der Waals surface area contributed by atoms with Crippen molar-refractivity contribution in [3.05, 3.63) is 54.9 Å². The quantitative estimate of drug-likeness (QED) is 0.711. The molecule has 1 aromatic carbocycles.